The highest BCUT2D eigenvalue weighted by Crippen LogP contribution is 2.32. The van der Waals surface area contributed by atoms with E-state index in [-0.39, 0.29) is 25.2 Å². The van der Waals surface area contributed by atoms with Crippen molar-refractivity contribution >= 4 is 27.3 Å². The molecule has 1 heterocycles. The lowest BCUT2D eigenvalue weighted by molar-refractivity contribution is -0.139. The number of rotatable bonds is 7. The van der Waals surface area contributed by atoms with Crippen molar-refractivity contribution in [2.75, 3.05) is 6.61 Å². The molecule has 0 saturated heterocycles. The molecule has 0 radical (unpaired) electrons. The number of thiophene rings is 1. The minimum absolute atomic E-state index is 0.0387. The molecule has 2 N–H and O–H groups in total. The van der Waals surface area contributed by atoms with Gasteiger partial charge in [0.15, 0.2) is 0 Å². The Balaban J connectivity index is 2.52. The van der Waals surface area contributed by atoms with Gasteiger partial charge in [-0.25, -0.2) is 0 Å². The molecule has 0 aliphatic rings. The van der Waals surface area contributed by atoms with Crippen LogP contribution >= 0.6 is 27.3 Å². The molecule has 0 aromatic carbocycles. The quantitative estimate of drug-likeness (QED) is 0.719. The Bertz CT molecular complexity index is 383. The zero-order valence-corrected chi connectivity index (χ0v) is 12.9. The first kappa shape index (κ1) is 16.9. The average Bonchev–Trinajstić information content (AvgIpc) is 2.73. The summed E-state index contributed by atoms with van der Waals surface area (Å²) < 4.78 is 42.6. The minimum Gasteiger partial charge on any atom is -0.371 e. The zero-order valence-electron chi connectivity index (χ0n) is 10.5. The summed E-state index contributed by atoms with van der Waals surface area (Å²) in [5.74, 6) is 0. The first-order valence-electron chi connectivity index (χ1n) is 6.02. The summed E-state index contributed by atoms with van der Waals surface area (Å²) in [4.78, 5) is 0.938. The fraction of sp³-hybridized carbons (Fsp3) is 0.667. The molecule has 110 valence electrons. The number of hydrogen-bond donors (Lipinski definition) is 1. The van der Waals surface area contributed by atoms with Gasteiger partial charge < -0.3 is 10.5 Å². The van der Waals surface area contributed by atoms with Crippen LogP contribution in [0.4, 0.5) is 13.2 Å². The predicted octanol–water partition coefficient (Wildman–Crippen LogP) is 4.65. The van der Waals surface area contributed by atoms with Crippen LogP contribution in [0.1, 0.15) is 37.2 Å². The molecular weight excluding hydrogens is 343 g/mol. The molecule has 0 aliphatic carbocycles. The summed E-state index contributed by atoms with van der Waals surface area (Å²) in [6, 6.07) is 3.56. The van der Waals surface area contributed by atoms with Gasteiger partial charge in [0.1, 0.15) is 6.10 Å². The Hall–Kier alpha value is -0.110. The van der Waals surface area contributed by atoms with Crippen LogP contribution in [0, 0.1) is 0 Å². The molecule has 0 saturated carbocycles. The summed E-state index contributed by atoms with van der Waals surface area (Å²) in [5, 5.41) is 0. The van der Waals surface area contributed by atoms with Crippen molar-refractivity contribution in [3.8, 4) is 0 Å². The fourth-order valence-corrected chi connectivity index (χ4v) is 3.14. The van der Waals surface area contributed by atoms with Crippen LogP contribution in [0.3, 0.4) is 0 Å². The number of halogens is 4. The van der Waals surface area contributed by atoms with E-state index >= 15 is 0 Å². The van der Waals surface area contributed by atoms with Crippen molar-refractivity contribution in [1.82, 2.24) is 0 Å². The number of hydrogen-bond acceptors (Lipinski definition) is 3. The molecular formula is C12H17BrF3NOS. The van der Waals surface area contributed by atoms with Crippen LogP contribution in [0.2, 0.25) is 0 Å². The van der Waals surface area contributed by atoms with Crippen LogP contribution in [0.15, 0.2) is 15.9 Å². The van der Waals surface area contributed by atoms with E-state index < -0.39 is 12.6 Å². The third-order valence-electron chi connectivity index (χ3n) is 2.64. The van der Waals surface area contributed by atoms with Crippen molar-refractivity contribution in [3.05, 3.63) is 20.8 Å². The van der Waals surface area contributed by atoms with E-state index in [1.807, 2.05) is 19.1 Å². The number of alkyl halides is 3. The van der Waals surface area contributed by atoms with E-state index in [4.69, 9.17) is 10.5 Å². The van der Waals surface area contributed by atoms with Crippen LogP contribution in [0.5, 0.6) is 0 Å². The van der Waals surface area contributed by atoms with E-state index in [0.29, 0.717) is 6.42 Å². The Labute approximate surface area is 123 Å². The molecule has 0 aliphatic heterocycles. The van der Waals surface area contributed by atoms with Gasteiger partial charge in [-0.1, -0.05) is 6.92 Å². The molecule has 1 aromatic heterocycles. The lowest BCUT2D eigenvalue weighted by atomic mass is 10.1. The van der Waals surface area contributed by atoms with Gasteiger partial charge in [-0.15, -0.1) is 11.3 Å². The molecule has 0 fully saturated rings. The molecule has 19 heavy (non-hydrogen) atoms. The molecule has 0 amide bonds. The number of nitrogens with two attached hydrogens (primary N) is 1. The summed E-state index contributed by atoms with van der Waals surface area (Å²) in [5.41, 5.74) is 5.97. The molecule has 2 nitrogen and oxygen atoms in total. The second-order valence-corrected chi connectivity index (χ2v) is 6.72. The Morgan fingerprint density at radius 2 is 2.11 bits per heavy atom. The first-order valence-corrected chi connectivity index (χ1v) is 7.63. The van der Waals surface area contributed by atoms with Gasteiger partial charge in [0.05, 0.1) is 3.79 Å². The molecule has 0 spiro atoms. The topological polar surface area (TPSA) is 35.2 Å². The third-order valence-corrected chi connectivity index (χ3v) is 4.32. The normalized spacial score (nSPS) is 15.5. The first-order chi connectivity index (χ1) is 8.83. The summed E-state index contributed by atoms with van der Waals surface area (Å²) in [6.45, 7) is 1.99. The smallest absolute Gasteiger partial charge is 0.371 e. The average molecular weight is 360 g/mol. The predicted molar refractivity (Wildman–Crippen MR) is 74.3 cm³/mol. The van der Waals surface area contributed by atoms with Gasteiger partial charge in [0.2, 0.25) is 0 Å². The van der Waals surface area contributed by atoms with Gasteiger partial charge in [-0.05, 0) is 40.9 Å². The van der Waals surface area contributed by atoms with E-state index in [2.05, 4.69) is 15.9 Å². The standard InChI is InChI=1S/C12H17BrF3NOS/c1-2-8(17)11(9-4-5-10(13)19-9)18-7-3-6-12(14,15)16/h4-5,8,11H,2-3,6-7,17H2,1H3. The van der Waals surface area contributed by atoms with Gasteiger partial charge >= 0.3 is 6.18 Å². The second kappa shape index (κ2) is 7.61. The molecule has 1 aromatic rings. The van der Waals surface area contributed by atoms with Crippen molar-refractivity contribution in [3.63, 3.8) is 0 Å². The van der Waals surface area contributed by atoms with Crippen molar-refractivity contribution in [1.29, 1.82) is 0 Å². The van der Waals surface area contributed by atoms with Crippen LogP contribution < -0.4 is 5.73 Å². The Morgan fingerprint density at radius 3 is 2.58 bits per heavy atom. The molecule has 7 heteroatoms. The molecule has 2 atom stereocenters. The molecule has 2 unspecified atom stereocenters. The molecule has 1 rings (SSSR count). The summed E-state index contributed by atoms with van der Waals surface area (Å²) in [6.07, 6.45) is -4.62. The lowest BCUT2D eigenvalue weighted by Crippen LogP contribution is -2.29. The second-order valence-electron chi connectivity index (χ2n) is 4.22. The van der Waals surface area contributed by atoms with E-state index in [0.717, 1.165) is 8.66 Å². The monoisotopic (exact) mass is 359 g/mol. The summed E-state index contributed by atoms with van der Waals surface area (Å²) >= 11 is 4.85. The van der Waals surface area contributed by atoms with Crippen molar-refractivity contribution < 1.29 is 17.9 Å². The van der Waals surface area contributed by atoms with E-state index in [1.165, 1.54) is 11.3 Å². The van der Waals surface area contributed by atoms with Crippen LogP contribution in [-0.2, 0) is 4.74 Å². The van der Waals surface area contributed by atoms with Gasteiger partial charge in [-0.3, -0.25) is 0 Å². The van der Waals surface area contributed by atoms with Crippen LogP contribution in [-0.4, -0.2) is 18.8 Å². The zero-order chi connectivity index (χ0) is 14.5. The highest BCUT2D eigenvalue weighted by atomic mass is 79.9. The fourth-order valence-electron chi connectivity index (χ4n) is 1.59. The van der Waals surface area contributed by atoms with Gasteiger partial charge in [0, 0.05) is 23.9 Å². The highest BCUT2D eigenvalue weighted by Gasteiger charge is 2.27. The summed E-state index contributed by atoms with van der Waals surface area (Å²) in [7, 11) is 0. The lowest BCUT2D eigenvalue weighted by Gasteiger charge is -2.22. The molecule has 0 bridgehead atoms. The van der Waals surface area contributed by atoms with Crippen molar-refractivity contribution in [2.45, 2.75) is 44.5 Å². The number of ether oxygens (including phenoxy) is 1. The maximum atomic E-state index is 12.0. The SMILES string of the molecule is CCC(N)C(OCCCC(F)(F)F)c1ccc(Br)s1. The highest BCUT2D eigenvalue weighted by molar-refractivity contribution is 9.11. The maximum Gasteiger partial charge on any atom is 0.389 e. The maximum absolute atomic E-state index is 12.0. The van der Waals surface area contributed by atoms with Gasteiger partial charge in [0.25, 0.3) is 0 Å². The van der Waals surface area contributed by atoms with Crippen molar-refractivity contribution in [2.24, 2.45) is 5.73 Å². The van der Waals surface area contributed by atoms with E-state index in [9.17, 15) is 13.2 Å². The Morgan fingerprint density at radius 1 is 1.42 bits per heavy atom. The largest absolute Gasteiger partial charge is 0.389 e. The van der Waals surface area contributed by atoms with Gasteiger partial charge in [-0.2, -0.15) is 13.2 Å². The van der Waals surface area contributed by atoms with Crippen LogP contribution in [0.25, 0.3) is 0 Å². The Kier molecular flexibility index (Phi) is 6.79. The van der Waals surface area contributed by atoms with E-state index in [1.54, 1.807) is 0 Å². The minimum atomic E-state index is -4.13. The third kappa shape index (κ3) is 6.25.